The Bertz CT molecular complexity index is 991. The predicted octanol–water partition coefficient (Wildman–Crippen LogP) is 1.43. The van der Waals surface area contributed by atoms with Gasteiger partial charge in [-0.15, -0.1) is 0 Å². The average molecular weight is 430 g/mol. The van der Waals surface area contributed by atoms with Crippen LogP contribution in [0.4, 0.5) is 5.69 Å². The van der Waals surface area contributed by atoms with Crippen LogP contribution in [0.15, 0.2) is 41.5 Å². The third-order valence-electron chi connectivity index (χ3n) is 4.13. The number of nitro benzene ring substituents is 1. The molecule has 2 amide bonds. The highest BCUT2D eigenvalue weighted by molar-refractivity contribution is 6.35. The van der Waals surface area contributed by atoms with Crippen molar-refractivity contribution in [3.05, 3.63) is 57.6 Å². The smallest absolute Gasteiger partial charge is 0.329 e. The fourth-order valence-electron chi connectivity index (χ4n) is 2.58. The number of ether oxygens (including phenoxy) is 3. The minimum Gasteiger partial charge on any atom is -0.493 e. The molecule has 0 saturated heterocycles. The molecule has 0 spiro atoms. The van der Waals surface area contributed by atoms with E-state index in [1.165, 1.54) is 45.7 Å². The molecule has 11 nitrogen and oxygen atoms in total. The Morgan fingerprint density at radius 3 is 2.32 bits per heavy atom. The van der Waals surface area contributed by atoms with Gasteiger partial charge >= 0.3 is 17.5 Å². The normalized spacial score (nSPS) is 10.4. The van der Waals surface area contributed by atoms with E-state index in [0.29, 0.717) is 23.5 Å². The molecule has 0 saturated carbocycles. The number of hydrogen-bond acceptors (Lipinski definition) is 8. The highest BCUT2D eigenvalue weighted by Crippen LogP contribution is 2.28. The van der Waals surface area contributed by atoms with Crippen LogP contribution in [0, 0.1) is 10.1 Å². The van der Waals surface area contributed by atoms with Gasteiger partial charge in [0.2, 0.25) is 0 Å². The molecule has 2 rings (SSSR count). The molecule has 2 aromatic carbocycles. The summed E-state index contributed by atoms with van der Waals surface area (Å²) in [6.07, 6.45) is 1.65. The molecule has 2 aromatic rings. The monoisotopic (exact) mass is 430 g/mol. The van der Waals surface area contributed by atoms with Gasteiger partial charge in [0.05, 0.1) is 32.5 Å². The molecule has 0 fully saturated rings. The maximum atomic E-state index is 11.9. The largest absolute Gasteiger partial charge is 0.493 e. The molecule has 0 aliphatic carbocycles. The summed E-state index contributed by atoms with van der Waals surface area (Å²) in [5.74, 6) is -0.572. The minimum absolute atomic E-state index is 0.0973. The van der Waals surface area contributed by atoms with Crippen LogP contribution in [0.1, 0.15) is 11.1 Å². The first kappa shape index (κ1) is 23.1. The Kier molecular flexibility index (Phi) is 8.31. The van der Waals surface area contributed by atoms with Crippen molar-refractivity contribution in [3.8, 4) is 17.2 Å². The van der Waals surface area contributed by atoms with Crippen molar-refractivity contribution in [2.45, 2.75) is 6.42 Å². The Hall–Kier alpha value is -4.15. The summed E-state index contributed by atoms with van der Waals surface area (Å²) in [7, 11) is 4.38. The summed E-state index contributed by atoms with van der Waals surface area (Å²) in [5, 5.41) is 17.1. The van der Waals surface area contributed by atoms with Crippen molar-refractivity contribution < 1.29 is 28.7 Å². The van der Waals surface area contributed by atoms with E-state index >= 15 is 0 Å². The van der Waals surface area contributed by atoms with Gasteiger partial charge in [0.1, 0.15) is 0 Å². The number of methoxy groups -OCH3 is 3. The van der Waals surface area contributed by atoms with Gasteiger partial charge in [0.15, 0.2) is 17.2 Å². The zero-order valence-electron chi connectivity index (χ0n) is 17.2. The SMILES string of the molecule is COc1ccc(CCNC(=O)C(=O)NN=Cc2ccc(OC)c([N+](=O)[O-])c2)cc1OC. The molecule has 0 aromatic heterocycles. The van der Waals surface area contributed by atoms with Gasteiger partial charge in [0.25, 0.3) is 0 Å². The molecule has 164 valence electrons. The van der Waals surface area contributed by atoms with E-state index in [2.05, 4.69) is 15.8 Å². The van der Waals surface area contributed by atoms with Crippen LogP contribution in [0.3, 0.4) is 0 Å². The van der Waals surface area contributed by atoms with Crippen LogP contribution >= 0.6 is 0 Å². The molecule has 2 N–H and O–H groups in total. The first-order chi connectivity index (χ1) is 14.9. The molecule has 0 atom stereocenters. The number of carbonyl (C=O) groups excluding carboxylic acids is 2. The minimum atomic E-state index is -0.966. The Morgan fingerprint density at radius 1 is 1.00 bits per heavy atom. The number of benzene rings is 2. The number of hydrogen-bond donors (Lipinski definition) is 2. The van der Waals surface area contributed by atoms with Crippen molar-refractivity contribution in [1.82, 2.24) is 10.7 Å². The second-order valence-corrected chi connectivity index (χ2v) is 6.08. The van der Waals surface area contributed by atoms with Crippen molar-refractivity contribution in [3.63, 3.8) is 0 Å². The highest BCUT2D eigenvalue weighted by atomic mass is 16.6. The lowest BCUT2D eigenvalue weighted by Crippen LogP contribution is -2.38. The van der Waals surface area contributed by atoms with Crippen LogP contribution in [0.25, 0.3) is 0 Å². The van der Waals surface area contributed by atoms with Crippen molar-refractivity contribution in [2.24, 2.45) is 5.10 Å². The van der Waals surface area contributed by atoms with E-state index in [0.717, 1.165) is 5.56 Å². The van der Waals surface area contributed by atoms with Crippen molar-refractivity contribution in [1.29, 1.82) is 0 Å². The van der Waals surface area contributed by atoms with Crippen LogP contribution in [-0.4, -0.2) is 50.8 Å². The third kappa shape index (κ3) is 6.42. The standard InChI is InChI=1S/C20H22N4O7/c1-29-16-6-5-14(10-15(16)24(27)28)12-22-23-20(26)19(25)21-9-8-13-4-7-17(30-2)18(11-13)31-3/h4-7,10-12H,8-9H2,1-3H3,(H,21,25)(H,23,26). The Balaban J connectivity index is 1.85. The molecule has 11 heteroatoms. The lowest BCUT2D eigenvalue weighted by atomic mass is 10.1. The first-order valence-corrected chi connectivity index (χ1v) is 9.04. The van der Waals surface area contributed by atoms with E-state index < -0.39 is 16.7 Å². The molecule has 31 heavy (non-hydrogen) atoms. The molecule has 0 heterocycles. The summed E-state index contributed by atoms with van der Waals surface area (Å²) in [6.45, 7) is 0.218. The van der Waals surface area contributed by atoms with Crippen molar-refractivity contribution >= 4 is 23.7 Å². The zero-order valence-corrected chi connectivity index (χ0v) is 17.2. The number of nitro groups is 1. The maximum absolute atomic E-state index is 11.9. The number of nitrogens with one attached hydrogen (secondary N) is 2. The molecule has 0 aliphatic rings. The second-order valence-electron chi connectivity index (χ2n) is 6.08. The molecular formula is C20H22N4O7. The lowest BCUT2D eigenvalue weighted by molar-refractivity contribution is -0.385. The van der Waals surface area contributed by atoms with Gasteiger partial charge in [-0.3, -0.25) is 19.7 Å². The molecule has 0 bridgehead atoms. The summed E-state index contributed by atoms with van der Waals surface area (Å²) in [5.41, 5.74) is 3.06. The van der Waals surface area contributed by atoms with Crippen molar-refractivity contribution in [2.75, 3.05) is 27.9 Å². The highest BCUT2D eigenvalue weighted by Gasteiger charge is 2.15. The summed E-state index contributed by atoms with van der Waals surface area (Å²) in [4.78, 5) is 34.1. The van der Waals surface area contributed by atoms with Gasteiger partial charge in [0, 0.05) is 18.2 Å². The van der Waals surface area contributed by atoms with Crippen LogP contribution in [0.5, 0.6) is 17.2 Å². The number of amides is 2. The number of rotatable bonds is 9. The lowest BCUT2D eigenvalue weighted by Gasteiger charge is -2.10. The van der Waals surface area contributed by atoms with Gasteiger partial charge in [-0.25, -0.2) is 5.43 Å². The van der Waals surface area contributed by atoms with Gasteiger partial charge < -0.3 is 19.5 Å². The Labute approximate surface area is 178 Å². The maximum Gasteiger partial charge on any atom is 0.329 e. The van der Waals surface area contributed by atoms with Gasteiger partial charge in [-0.05, 0) is 36.2 Å². The number of carbonyl (C=O) groups is 2. The summed E-state index contributed by atoms with van der Waals surface area (Å²) in [6, 6.07) is 9.51. The molecule has 0 radical (unpaired) electrons. The summed E-state index contributed by atoms with van der Waals surface area (Å²) >= 11 is 0. The predicted molar refractivity (Wildman–Crippen MR) is 112 cm³/mol. The fourth-order valence-corrected chi connectivity index (χ4v) is 2.58. The third-order valence-corrected chi connectivity index (χ3v) is 4.13. The Morgan fingerprint density at radius 2 is 1.68 bits per heavy atom. The molecule has 0 aliphatic heterocycles. The van der Waals surface area contributed by atoms with Crippen LogP contribution in [0.2, 0.25) is 0 Å². The van der Waals surface area contributed by atoms with Gasteiger partial charge in [-0.1, -0.05) is 6.07 Å². The number of nitrogens with zero attached hydrogens (tertiary/aromatic N) is 2. The molecular weight excluding hydrogens is 408 g/mol. The second kappa shape index (κ2) is 11.1. The number of hydrazone groups is 1. The summed E-state index contributed by atoms with van der Waals surface area (Å²) < 4.78 is 15.3. The van der Waals surface area contributed by atoms with E-state index in [1.54, 1.807) is 12.1 Å². The fraction of sp³-hybridized carbons (Fsp3) is 0.250. The van der Waals surface area contributed by atoms with E-state index in [9.17, 15) is 19.7 Å². The average Bonchev–Trinajstić information content (AvgIpc) is 2.78. The van der Waals surface area contributed by atoms with Crippen LogP contribution < -0.4 is 25.0 Å². The van der Waals surface area contributed by atoms with Crippen LogP contribution in [-0.2, 0) is 16.0 Å². The molecule has 0 unspecified atom stereocenters. The topological polar surface area (TPSA) is 141 Å². The van der Waals surface area contributed by atoms with E-state index in [-0.39, 0.29) is 18.0 Å². The van der Waals surface area contributed by atoms with E-state index in [1.807, 2.05) is 6.07 Å². The quantitative estimate of drug-likeness (QED) is 0.265. The van der Waals surface area contributed by atoms with E-state index in [4.69, 9.17) is 14.2 Å². The zero-order chi connectivity index (χ0) is 22.8. The first-order valence-electron chi connectivity index (χ1n) is 9.04. The van der Waals surface area contributed by atoms with Gasteiger partial charge in [-0.2, -0.15) is 5.10 Å².